The van der Waals surface area contributed by atoms with E-state index in [0.29, 0.717) is 5.56 Å². The van der Waals surface area contributed by atoms with Crippen LogP contribution in [0.2, 0.25) is 0 Å². The van der Waals surface area contributed by atoms with Crippen LogP contribution in [0.15, 0.2) is 36.7 Å². The second kappa shape index (κ2) is 7.59. The number of aromatic nitrogens is 2. The van der Waals surface area contributed by atoms with Gasteiger partial charge in [0.05, 0.1) is 6.20 Å². The lowest BCUT2D eigenvalue weighted by Crippen LogP contribution is -2.45. The van der Waals surface area contributed by atoms with E-state index in [-0.39, 0.29) is 11.9 Å². The van der Waals surface area contributed by atoms with Crippen LogP contribution in [0.5, 0.6) is 0 Å². The first-order valence-electron chi connectivity index (χ1n) is 8.49. The average Bonchev–Trinajstić information content (AvgIpc) is 3.09. The molecule has 128 valence electrons. The fourth-order valence-corrected chi connectivity index (χ4v) is 3.19. The van der Waals surface area contributed by atoms with Gasteiger partial charge in [-0.2, -0.15) is 5.10 Å². The highest BCUT2D eigenvalue weighted by molar-refractivity contribution is 5.94. The van der Waals surface area contributed by atoms with Crippen molar-refractivity contribution in [1.82, 2.24) is 25.3 Å². The van der Waals surface area contributed by atoms with Gasteiger partial charge < -0.3 is 10.6 Å². The van der Waals surface area contributed by atoms with E-state index >= 15 is 0 Å². The molecule has 1 aliphatic heterocycles. The van der Waals surface area contributed by atoms with Crippen molar-refractivity contribution in [3.05, 3.63) is 53.3 Å². The van der Waals surface area contributed by atoms with Gasteiger partial charge in [-0.15, -0.1) is 0 Å². The summed E-state index contributed by atoms with van der Waals surface area (Å²) < 4.78 is 1.96. The van der Waals surface area contributed by atoms with E-state index in [1.165, 1.54) is 11.1 Å². The van der Waals surface area contributed by atoms with Gasteiger partial charge in [-0.1, -0.05) is 12.1 Å². The normalized spacial score (nSPS) is 18.5. The summed E-state index contributed by atoms with van der Waals surface area (Å²) in [6, 6.07) is 8.18. The summed E-state index contributed by atoms with van der Waals surface area (Å²) in [6.07, 6.45) is 4.06. The van der Waals surface area contributed by atoms with Crippen molar-refractivity contribution >= 4 is 5.91 Å². The van der Waals surface area contributed by atoms with E-state index in [1.807, 2.05) is 29.1 Å². The number of benzene rings is 1. The number of carbonyl (C=O) groups is 1. The molecular weight excluding hydrogens is 302 g/mol. The van der Waals surface area contributed by atoms with Gasteiger partial charge in [0.25, 0.3) is 5.91 Å². The molecule has 0 saturated carbocycles. The second-order valence-electron chi connectivity index (χ2n) is 6.10. The smallest absolute Gasteiger partial charge is 0.251 e. The van der Waals surface area contributed by atoms with Gasteiger partial charge in [0.1, 0.15) is 0 Å². The molecule has 1 aromatic carbocycles. The molecule has 1 fully saturated rings. The molecule has 1 amide bonds. The Bertz CT molecular complexity index is 696. The third-order valence-electron chi connectivity index (χ3n) is 4.51. The fraction of sp³-hybridized carbons (Fsp3) is 0.444. The van der Waals surface area contributed by atoms with E-state index in [1.54, 1.807) is 7.05 Å². The topological polar surface area (TPSA) is 62.2 Å². The molecule has 2 N–H and O–H groups in total. The van der Waals surface area contributed by atoms with Crippen molar-refractivity contribution in [3.63, 3.8) is 0 Å². The zero-order chi connectivity index (χ0) is 16.9. The summed E-state index contributed by atoms with van der Waals surface area (Å²) in [4.78, 5) is 14.4. The number of hydrogen-bond acceptors (Lipinski definition) is 4. The van der Waals surface area contributed by atoms with Gasteiger partial charge in [-0.25, -0.2) is 0 Å². The van der Waals surface area contributed by atoms with Crippen LogP contribution in [0, 0.1) is 0 Å². The summed E-state index contributed by atoms with van der Waals surface area (Å²) in [5, 5.41) is 10.5. The van der Waals surface area contributed by atoms with Crippen LogP contribution in [0.1, 0.15) is 34.5 Å². The molecule has 0 radical (unpaired) electrons. The first-order chi connectivity index (χ1) is 11.7. The summed E-state index contributed by atoms with van der Waals surface area (Å²) in [6.45, 7) is 6.70. The summed E-state index contributed by atoms with van der Waals surface area (Å²) in [5.41, 5.74) is 3.11. The Hall–Kier alpha value is -2.18. The number of amides is 1. The van der Waals surface area contributed by atoms with Crippen molar-refractivity contribution in [2.45, 2.75) is 26.1 Å². The minimum atomic E-state index is -0.0450. The van der Waals surface area contributed by atoms with Crippen molar-refractivity contribution < 1.29 is 4.79 Å². The SMILES string of the molecule is CCn1cc(CN2CCNC[C@H]2c2cccc(C(=O)NC)c2)cn1. The quantitative estimate of drug-likeness (QED) is 0.872. The maximum Gasteiger partial charge on any atom is 0.251 e. The van der Waals surface area contributed by atoms with E-state index in [0.717, 1.165) is 32.7 Å². The van der Waals surface area contributed by atoms with Crippen LogP contribution in [0.25, 0.3) is 0 Å². The molecule has 0 bridgehead atoms. The Balaban J connectivity index is 1.80. The van der Waals surface area contributed by atoms with Gasteiger partial charge in [0.2, 0.25) is 0 Å². The minimum absolute atomic E-state index is 0.0450. The summed E-state index contributed by atoms with van der Waals surface area (Å²) >= 11 is 0. The van der Waals surface area contributed by atoms with Crippen LogP contribution in [0.3, 0.4) is 0 Å². The number of piperazine rings is 1. The number of aryl methyl sites for hydroxylation is 1. The van der Waals surface area contributed by atoms with Crippen molar-refractivity contribution in [1.29, 1.82) is 0 Å². The second-order valence-corrected chi connectivity index (χ2v) is 6.10. The molecular formula is C18H25N5O. The largest absolute Gasteiger partial charge is 0.355 e. The molecule has 2 heterocycles. The number of nitrogens with zero attached hydrogens (tertiary/aromatic N) is 3. The van der Waals surface area contributed by atoms with Crippen LogP contribution in [0.4, 0.5) is 0 Å². The molecule has 0 spiro atoms. The van der Waals surface area contributed by atoms with Crippen LogP contribution < -0.4 is 10.6 Å². The van der Waals surface area contributed by atoms with Crippen LogP contribution >= 0.6 is 0 Å². The molecule has 1 aromatic heterocycles. The van der Waals surface area contributed by atoms with E-state index in [9.17, 15) is 4.79 Å². The lowest BCUT2D eigenvalue weighted by molar-refractivity contribution is 0.0962. The monoisotopic (exact) mass is 327 g/mol. The number of nitrogens with one attached hydrogen (secondary N) is 2. The highest BCUT2D eigenvalue weighted by Gasteiger charge is 2.24. The molecule has 0 unspecified atom stereocenters. The van der Waals surface area contributed by atoms with Gasteiger partial charge in [0.15, 0.2) is 0 Å². The van der Waals surface area contributed by atoms with E-state index in [2.05, 4.69) is 39.8 Å². The molecule has 24 heavy (non-hydrogen) atoms. The van der Waals surface area contributed by atoms with E-state index in [4.69, 9.17) is 0 Å². The zero-order valence-electron chi connectivity index (χ0n) is 14.3. The Labute approximate surface area is 142 Å². The maximum atomic E-state index is 11.9. The predicted octanol–water partition coefficient (Wildman–Crippen LogP) is 1.41. The van der Waals surface area contributed by atoms with E-state index < -0.39 is 0 Å². The standard InChI is InChI=1S/C18H25N5O/c1-3-23-13-14(10-21-23)12-22-8-7-20-11-17(22)15-5-4-6-16(9-15)18(24)19-2/h4-6,9-10,13,17,20H,3,7-8,11-12H2,1-2H3,(H,19,24)/t17-/m0/s1. The Morgan fingerprint density at radius 2 is 2.33 bits per heavy atom. The Morgan fingerprint density at radius 3 is 3.08 bits per heavy atom. The molecule has 6 nitrogen and oxygen atoms in total. The van der Waals surface area contributed by atoms with Crippen LogP contribution in [-0.2, 0) is 13.1 Å². The molecule has 1 saturated heterocycles. The van der Waals surface area contributed by atoms with Gasteiger partial charge in [-0.3, -0.25) is 14.4 Å². The molecule has 2 aromatic rings. The Morgan fingerprint density at radius 1 is 1.46 bits per heavy atom. The summed E-state index contributed by atoms with van der Waals surface area (Å²) in [7, 11) is 1.66. The maximum absolute atomic E-state index is 11.9. The highest BCUT2D eigenvalue weighted by Crippen LogP contribution is 2.25. The third kappa shape index (κ3) is 3.66. The number of hydrogen-bond donors (Lipinski definition) is 2. The first-order valence-corrected chi connectivity index (χ1v) is 8.49. The predicted molar refractivity (Wildman–Crippen MR) is 93.8 cm³/mol. The van der Waals surface area contributed by atoms with Crippen molar-refractivity contribution in [2.24, 2.45) is 0 Å². The van der Waals surface area contributed by atoms with Crippen molar-refractivity contribution in [2.75, 3.05) is 26.7 Å². The fourth-order valence-electron chi connectivity index (χ4n) is 3.19. The van der Waals surface area contributed by atoms with Crippen molar-refractivity contribution in [3.8, 4) is 0 Å². The molecule has 1 atom stereocenters. The molecule has 0 aliphatic carbocycles. The first kappa shape index (κ1) is 16.7. The zero-order valence-corrected chi connectivity index (χ0v) is 14.3. The lowest BCUT2D eigenvalue weighted by atomic mass is 10.00. The number of rotatable bonds is 5. The number of carbonyl (C=O) groups excluding carboxylic acids is 1. The lowest BCUT2D eigenvalue weighted by Gasteiger charge is -2.36. The minimum Gasteiger partial charge on any atom is -0.355 e. The third-order valence-corrected chi connectivity index (χ3v) is 4.51. The highest BCUT2D eigenvalue weighted by atomic mass is 16.1. The molecule has 6 heteroatoms. The van der Waals surface area contributed by atoms with Crippen LogP contribution in [-0.4, -0.2) is 47.3 Å². The van der Waals surface area contributed by atoms with Gasteiger partial charge >= 0.3 is 0 Å². The van der Waals surface area contributed by atoms with Gasteiger partial charge in [-0.05, 0) is 24.6 Å². The molecule has 3 rings (SSSR count). The Kier molecular flexibility index (Phi) is 5.27. The summed E-state index contributed by atoms with van der Waals surface area (Å²) in [5.74, 6) is -0.0450. The molecule has 1 aliphatic rings. The van der Waals surface area contributed by atoms with Gasteiger partial charge in [0, 0.05) is 63.1 Å². The average molecular weight is 327 g/mol.